The predicted octanol–water partition coefficient (Wildman–Crippen LogP) is 3.54. The smallest absolute Gasteiger partial charge is 0.312 e. The van der Waals surface area contributed by atoms with Gasteiger partial charge >= 0.3 is 5.97 Å². The molecular formula is C23H21BrN2O5. The van der Waals surface area contributed by atoms with Gasteiger partial charge in [0.25, 0.3) is 11.8 Å². The fourth-order valence-electron chi connectivity index (χ4n) is 5.23. The fourth-order valence-corrected chi connectivity index (χ4v) is 5.60. The first-order chi connectivity index (χ1) is 14.9. The SMILES string of the molecule is CCOC(=O)[C@H]1[C@H]2COc3ccccc3[C@@H]2N2C(=O)c3cc(Br)ccc3NC(=O)[C@@]12C. The largest absolute Gasteiger partial charge is 0.493 e. The Hall–Kier alpha value is -2.87. The Bertz CT molecular complexity index is 1120. The van der Waals surface area contributed by atoms with Crippen LogP contribution in [-0.4, -0.2) is 41.4 Å². The number of esters is 1. The highest BCUT2D eigenvalue weighted by Crippen LogP contribution is 2.56. The van der Waals surface area contributed by atoms with Gasteiger partial charge in [-0.15, -0.1) is 0 Å². The zero-order chi connectivity index (χ0) is 21.9. The number of amides is 2. The number of ether oxygens (including phenoxy) is 2. The van der Waals surface area contributed by atoms with Gasteiger partial charge in [-0.3, -0.25) is 14.4 Å². The molecule has 7 nitrogen and oxygen atoms in total. The second-order valence-electron chi connectivity index (χ2n) is 8.15. The van der Waals surface area contributed by atoms with E-state index in [-0.39, 0.29) is 19.1 Å². The van der Waals surface area contributed by atoms with Crippen molar-refractivity contribution >= 4 is 39.4 Å². The molecule has 0 bridgehead atoms. The number of benzene rings is 2. The van der Waals surface area contributed by atoms with Gasteiger partial charge in [-0.2, -0.15) is 0 Å². The van der Waals surface area contributed by atoms with Gasteiger partial charge < -0.3 is 19.7 Å². The fraction of sp³-hybridized carbons (Fsp3) is 0.348. The van der Waals surface area contributed by atoms with Crippen LogP contribution < -0.4 is 10.1 Å². The van der Waals surface area contributed by atoms with Gasteiger partial charge in [0.15, 0.2) is 0 Å². The number of para-hydroxylation sites is 1. The minimum absolute atomic E-state index is 0.184. The van der Waals surface area contributed by atoms with Crippen LogP contribution in [0.5, 0.6) is 5.75 Å². The number of anilines is 1. The van der Waals surface area contributed by atoms with Crippen molar-refractivity contribution in [2.75, 3.05) is 18.5 Å². The molecule has 2 amide bonds. The summed E-state index contributed by atoms with van der Waals surface area (Å²) < 4.78 is 12.1. The molecule has 2 aromatic rings. The molecule has 0 aromatic heterocycles. The van der Waals surface area contributed by atoms with E-state index in [0.717, 1.165) is 10.0 Å². The molecule has 0 spiro atoms. The predicted molar refractivity (Wildman–Crippen MR) is 116 cm³/mol. The molecule has 2 aromatic carbocycles. The highest BCUT2D eigenvalue weighted by atomic mass is 79.9. The normalized spacial score (nSPS) is 28.4. The third-order valence-electron chi connectivity index (χ3n) is 6.57. The van der Waals surface area contributed by atoms with Crippen LogP contribution in [0.2, 0.25) is 0 Å². The lowest BCUT2D eigenvalue weighted by molar-refractivity contribution is -0.155. The van der Waals surface area contributed by atoms with E-state index < -0.39 is 35.3 Å². The minimum Gasteiger partial charge on any atom is -0.493 e. The number of carbonyl (C=O) groups excluding carboxylic acids is 3. The summed E-state index contributed by atoms with van der Waals surface area (Å²) in [6.07, 6.45) is 0. The summed E-state index contributed by atoms with van der Waals surface area (Å²) in [7, 11) is 0. The number of halogens is 1. The molecule has 1 saturated heterocycles. The van der Waals surface area contributed by atoms with Crippen molar-refractivity contribution in [2.45, 2.75) is 25.4 Å². The van der Waals surface area contributed by atoms with Crippen molar-refractivity contribution < 1.29 is 23.9 Å². The first-order valence-electron chi connectivity index (χ1n) is 10.2. The number of hydrogen-bond acceptors (Lipinski definition) is 5. The summed E-state index contributed by atoms with van der Waals surface area (Å²) in [6.45, 7) is 3.78. The van der Waals surface area contributed by atoms with E-state index in [1.165, 1.54) is 0 Å². The first kappa shape index (κ1) is 20.1. The lowest BCUT2D eigenvalue weighted by Crippen LogP contribution is -2.57. The van der Waals surface area contributed by atoms with E-state index in [1.807, 2.05) is 24.3 Å². The molecule has 160 valence electrons. The highest BCUT2D eigenvalue weighted by Gasteiger charge is 2.67. The summed E-state index contributed by atoms with van der Waals surface area (Å²) >= 11 is 3.42. The topological polar surface area (TPSA) is 84.9 Å². The highest BCUT2D eigenvalue weighted by molar-refractivity contribution is 9.10. The van der Waals surface area contributed by atoms with Crippen LogP contribution in [0.25, 0.3) is 0 Å². The maximum atomic E-state index is 13.9. The third-order valence-corrected chi connectivity index (χ3v) is 7.06. The summed E-state index contributed by atoms with van der Waals surface area (Å²) in [5.41, 5.74) is 0.147. The molecule has 1 fully saturated rings. The van der Waals surface area contributed by atoms with E-state index in [9.17, 15) is 14.4 Å². The second-order valence-corrected chi connectivity index (χ2v) is 9.07. The van der Waals surface area contributed by atoms with Crippen LogP contribution >= 0.6 is 15.9 Å². The molecular weight excluding hydrogens is 464 g/mol. The molecule has 3 aliphatic heterocycles. The molecule has 3 heterocycles. The van der Waals surface area contributed by atoms with Crippen molar-refractivity contribution in [1.29, 1.82) is 0 Å². The van der Waals surface area contributed by atoms with Crippen molar-refractivity contribution in [3.05, 3.63) is 58.1 Å². The molecule has 5 rings (SSSR count). The Balaban J connectivity index is 1.76. The Labute approximate surface area is 187 Å². The van der Waals surface area contributed by atoms with Gasteiger partial charge in [0.1, 0.15) is 11.3 Å². The number of carbonyl (C=O) groups is 3. The average Bonchev–Trinajstić information content (AvgIpc) is 3.00. The second kappa shape index (κ2) is 7.09. The number of nitrogens with one attached hydrogen (secondary N) is 1. The molecule has 8 heteroatoms. The van der Waals surface area contributed by atoms with Crippen LogP contribution in [0.3, 0.4) is 0 Å². The van der Waals surface area contributed by atoms with Gasteiger partial charge in [-0.05, 0) is 38.1 Å². The quantitative estimate of drug-likeness (QED) is 0.658. The lowest BCUT2D eigenvalue weighted by atomic mass is 9.77. The summed E-state index contributed by atoms with van der Waals surface area (Å²) in [5.74, 6) is -1.85. The van der Waals surface area contributed by atoms with Gasteiger partial charge in [0.05, 0.1) is 36.4 Å². The maximum Gasteiger partial charge on any atom is 0.312 e. The van der Waals surface area contributed by atoms with Crippen LogP contribution in [0, 0.1) is 11.8 Å². The summed E-state index contributed by atoms with van der Waals surface area (Å²) in [6, 6.07) is 12.1. The summed E-state index contributed by atoms with van der Waals surface area (Å²) in [4.78, 5) is 42.3. The maximum absolute atomic E-state index is 13.9. The van der Waals surface area contributed by atoms with Gasteiger partial charge in [0.2, 0.25) is 0 Å². The Morgan fingerprint density at radius 2 is 2.06 bits per heavy atom. The van der Waals surface area contributed by atoms with Gasteiger partial charge in [-0.25, -0.2) is 0 Å². The standard InChI is InChI=1S/C23H21BrN2O5/c1-3-30-21(28)18-15-11-31-17-7-5-4-6-13(17)19(15)26-20(27)14-10-12(24)8-9-16(14)25-22(29)23(18,26)2/h4-10,15,18-19H,3,11H2,1-2H3,(H,25,29)/t15-,18-,19+,23-/m1/s1. The molecule has 0 unspecified atom stereocenters. The van der Waals surface area contributed by atoms with E-state index in [2.05, 4.69) is 21.2 Å². The lowest BCUT2D eigenvalue weighted by Gasteiger charge is -2.38. The third kappa shape index (κ3) is 2.74. The molecule has 0 aliphatic carbocycles. The molecule has 4 atom stereocenters. The first-order valence-corrected chi connectivity index (χ1v) is 11.0. The van der Waals surface area contributed by atoms with E-state index in [4.69, 9.17) is 9.47 Å². The van der Waals surface area contributed by atoms with Gasteiger partial charge in [-0.1, -0.05) is 34.1 Å². The van der Waals surface area contributed by atoms with Crippen LogP contribution in [0.1, 0.15) is 35.8 Å². The van der Waals surface area contributed by atoms with E-state index >= 15 is 0 Å². The Morgan fingerprint density at radius 3 is 2.84 bits per heavy atom. The number of fused-ring (bicyclic) bond motifs is 6. The van der Waals surface area contributed by atoms with Crippen molar-refractivity contribution in [1.82, 2.24) is 4.90 Å². The number of nitrogens with zero attached hydrogens (tertiary/aromatic N) is 1. The van der Waals surface area contributed by atoms with Crippen molar-refractivity contribution in [3.63, 3.8) is 0 Å². The molecule has 0 saturated carbocycles. The van der Waals surface area contributed by atoms with E-state index in [1.54, 1.807) is 36.9 Å². The number of hydrogen-bond donors (Lipinski definition) is 1. The average molecular weight is 485 g/mol. The van der Waals surface area contributed by atoms with Crippen LogP contribution in [0.15, 0.2) is 46.9 Å². The van der Waals surface area contributed by atoms with Crippen molar-refractivity contribution in [2.24, 2.45) is 11.8 Å². The molecule has 1 N–H and O–H groups in total. The molecule has 0 radical (unpaired) electrons. The number of rotatable bonds is 2. The van der Waals surface area contributed by atoms with Crippen molar-refractivity contribution in [3.8, 4) is 5.75 Å². The minimum atomic E-state index is -1.44. The van der Waals surface area contributed by atoms with Crippen LogP contribution in [0.4, 0.5) is 5.69 Å². The van der Waals surface area contributed by atoms with E-state index in [0.29, 0.717) is 17.0 Å². The zero-order valence-electron chi connectivity index (χ0n) is 17.1. The summed E-state index contributed by atoms with van der Waals surface area (Å²) in [5, 5.41) is 2.88. The Morgan fingerprint density at radius 1 is 1.29 bits per heavy atom. The Kier molecular flexibility index (Phi) is 4.58. The molecule has 31 heavy (non-hydrogen) atoms. The molecule has 3 aliphatic rings. The van der Waals surface area contributed by atoms with Gasteiger partial charge in [0, 0.05) is 16.0 Å². The van der Waals surface area contributed by atoms with Crippen LogP contribution in [-0.2, 0) is 14.3 Å². The monoisotopic (exact) mass is 484 g/mol. The zero-order valence-corrected chi connectivity index (χ0v) is 18.6.